The normalized spacial score (nSPS) is 8.14. The Morgan fingerprint density at radius 3 is 2.71 bits per heavy atom. The van der Waals surface area contributed by atoms with E-state index in [0.29, 0.717) is 6.54 Å². The third kappa shape index (κ3) is 5.23. The molecular formula is C3H7NO3. The van der Waals surface area contributed by atoms with Crippen LogP contribution in [0, 0.1) is 0 Å². The predicted octanol–water partition coefficient (Wildman–Crippen LogP) is 0.206. The van der Waals surface area contributed by atoms with Crippen molar-refractivity contribution in [3.8, 4) is 0 Å². The fourth-order valence-corrected chi connectivity index (χ4v) is 0.134. The average Bonchev–Trinajstić information content (AvgIpc) is 1.61. The van der Waals surface area contributed by atoms with Crippen molar-refractivity contribution in [2.75, 3.05) is 6.54 Å². The molecular weight excluding hydrogens is 98.0 g/mol. The van der Waals surface area contributed by atoms with Crippen LogP contribution in [0.4, 0.5) is 4.79 Å². The molecule has 0 aromatic heterocycles. The van der Waals surface area contributed by atoms with E-state index in [0.717, 1.165) is 0 Å². The van der Waals surface area contributed by atoms with Crippen molar-refractivity contribution in [3.63, 3.8) is 0 Å². The van der Waals surface area contributed by atoms with Crippen molar-refractivity contribution in [3.05, 3.63) is 0 Å². The Morgan fingerprint density at radius 2 is 2.57 bits per heavy atom. The smallest absolute Gasteiger partial charge is 0.448 e. The van der Waals surface area contributed by atoms with Gasteiger partial charge in [-0.05, 0) is 6.92 Å². The lowest BCUT2D eigenvalue weighted by Gasteiger charge is -1.93. The lowest BCUT2D eigenvalue weighted by molar-refractivity contribution is 0.0462. The van der Waals surface area contributed by atoms with E-state index < -0.39 is 6.16 Å². The van der Waals surface area contributed by atoms with E-state index >= 15 is 0 Å². The predicted molar refractivity (Wildman–Crippen MR) is 22.8 cm³/mol. The van der Waals surface area contributed by atoms with E-state index in [9.17, 15) is 4.79 Å². The van der Waals surface area contributed by atoms with E-state index in [4.69, 9.17) is 5.11 Å². The minimum Gasteiger partial charge on any atom is -0.448 e. The summed E-state index contributed by atoms with van der Waals surface area (Å²) in [5.74, 6) is 0. The molecule has 0 aliphatic carbocycles. The van der Waals surface area contributed by atoms with Gasteiger partial charge in [-0.3, -0.25) is 0 Å². The summed E-state index contributed by atoms with van der Waals surface area (Å²) in [4.78, 5) is 13.3. The van der Waals surface area contributed by atoms with Gasteiger partial charge in [0.15, 0.2) is 0 Å². The Labute approximate surface area is 41.0 Å². The average molecular weight is 105 g/mol. The highest BCUT2D eigenvalue weighted by Crippen LogP contribution is 1.64. The standard InChI is InChI=1S/C3H7NO3/c1-2-4-7-3(5)6/h4H,2H2,1H3,(H,5,6). The van der Waals surface area contributed by atoms with Gasteiger partial charge in [0.05, 0.1) is 0 Å². The quantitative estimate of drug-likeness (QED) is 0.493. The topological polar surface area (TPSA) is 58.6 Å². The van der Waals surface area contributed by atoms with E-state index in [2.05, 4.69) is 10.3 Å². The molecule has 0 aliphatic rings. The van der Waals surface area contributed by atoms with Crippen LogP contribution < -0.4 is 5.48 Å². The molecule has 0 atom stereocenters. The Hall–Kier alpha value is -0.770. The van der Waals surface area contributed by atoms with Gasteiger partial charge in [-0.1, -0.05) is 0 Å². The van der Waals surface area contributed by atoms with Crippen molar-refractivity contribution in [2.45, 2.75) is 6.92 Å². The van der Waals surface area contributed by atoms with Crippen molar-refractivity contribution < 1.29 is 14.7 Å². The molecule has 0 aliphatic heterocycles. The number of hydrogen-bond acceptors (Lipinski definition) is 3. The maximum atomic E-state index is 9.47. The van der Waals surface area contributed by atoms with Gasteiger partial charge in [-0.2, -0.15) is 5.48 Å². The second kappa shape index (κ2) is 3.42. The summed E-state index contributed by atoms with van der Waals surface area (Å²) in [5, 5.41) is 7.76. The minimum atomic E-state index is -1.30. The maximum Gasteiger partial charge on any atom is 0.525 e. The zero-order valence-corrected chi connectivity index (χ0v) is 3.97. The van der Waals surface area contributed by atoms with Crippen LogP contribution in [-0.2, 0) is 4.84 Å². The molecule has 0 aromatic carbocycles. The zero-order valence-electron chi connectivity index (χ0n) is 3.97. The summed E-state index contributed by atoms with van der Waals surface area (Å²) in [6, 6.07) is 0. The fourth-order valence-electron chi connectivity index (χ4n) is 0.134. The van der Waals surface area contributed by atoms with E-state index in [1.165, 1.54) is 0 Å². The molecule has 7 heavy (non-hydrogen) atoms. The van der Waals surface area contributed by atoms with E-state index in [1.807, 2.05) is 0 Å². The highest BCUT2D eigenvalue weighted by atomic mass is 16.8. The number of nitrogens with one attached hydrogen (secondary N) is 1. The van der Waals surface area contributed by atoms with Crippen molar-refractivity contribution in [2.24, 2.45) is 0 Å². The number of carbonyl (C=O) groups is 1. The molecule has 0 bridgehead atoms. The second-order valence-corrected chi connectivity index (χ2v) is 0.866. The van der Waals surface area contributed by atoms with Gasteiger partial charge in [-0.25, -0.2) is 4.79 Å². The molecule has 4 nitrogen and oxygen atoms in total. The van der Waals surface area contributed by atoms with Gasteiger partial charge in [0, 0.05) is 6.54 Å². The van der Waals surface area contributed by atoms with E-state index in [1.54, 1.807) is 6.92 Å². The first-order valence-corrected chi connectivity index (χ1v) is 1.90. The maximum absolute atomic E-state index is 9.47. The van der Waals surface area contributed by atoms with Crippen LogP contribution in [0.15, 0.2) is 0 Å². The summed E-state index contributed by atoms with van der Waals surface area (Å²) in [6.45, 7) is 2.23. The molecule has 0 rings (SSSR count). The zero-order chi connectivity index (χ0) is 5.70. The Bertz CT molecular complexity index is 63.2. The summed E-state index contributed by atoms with van der Waals surface area (Å²) in [7, 11) is 0. The van der Waals surface area contributed by atoms with Gasteiger partial charge < -0.3 is 9.94 Å². The Morgan fingerprint density at radius 1 is 2.00 bits per heavy atom. The van der Waals surface area contributed by atoms with Crippen LogP contribution in [-0.4, -0.2) is 17.8 Å². The Kier molecular flexibility index (Phi) is 3.04. The van der Waals surface area contributed by atoms with Crippen molar-refractivity contribution in [1.82, 2.24) is 5.48 Å². The van der Waals surface area contributed by atoms with Crippen LogP contribution in [0.3, 0.4) is 0 Å². The third-order valence-electron chi connectivity index (χ3n) is 0.304. The summed E-state index contributed by atoms with van der Waals surface area (Å²) in [5.41, 5.74) is 2.15. The second-order valence-electron chi connectivity index (χ2n) is 0.866. The van der Waals surface area contributed by atoms with Crippen LogP contribution in [0.25, 0.3) is 0 Å². The molecule has 0 amide bonds. The molecule has 0 aromatic rings. The number of carboxylic acid groups (broad SMARTS) is 1. The molecule has 0 heterocycles. The van der Waals surface area contributed by atoms with E-state index in [-0.39, 0.29) is 0 Å². The molecule has 2 N–H and O–H groups in total. The van der Waals surface area contributed by atoms with Gasteiger partial charge in [0.1, 0.15) is 0 Å². The summed E-state index contributed by atoms with van der Waals surface area (Å²) in [6.07, 6.45) is -1.30. The van der Waals surface area contributed by atoms with Gasteiger partial charge >= 0.3 is 6.16 Å². The first-order chi connectivity index (χ1) is 3.27. The molecule has 0 spiro atoms. The molecule has 0 unspecified atom stereocenters. The number of hydroxylamine groups is 1. The summed E-state index contributed by atoms with van der Waals surface area (Å²) >= 11 is 0. The highest BCUT2D eigenvalue weighted by molar-refractivity contribution is 5.56. The number of hydrogen-bond donors (Lipinski definition) is 2. The molecule has 4 heteroatoms. The number of rotatable bonds is 2. The lowest BCUT2D eigenvalue weighted by Crippen LogP contribution is -2.17. The summed E-state index contributed by atoms with van der Waals surface area (Å²) < 4.78 is 0. The van der Waals surface area contributed by atoms with Crippen molar-refractivity contribution >= 4 is 6.16 Å². The molecule has 0 saturated heterocycles. The van der Waals surface area contributed by atoms with Gasteiger partial charge in [-0.15, -0.1) is 0 Å². The van der Waals surface area contributed by atoms with Crippen molar-refractivity contribution in [1.29, 1.82) is 0 Å². The lowest BCUT2D eigenvalue weighted by atomic mass is 10.8. The third-order valence-corrected chi connectivity index (χ3v) is 0.304. The first kappa shape index (κ1) is 6.23. The molecule has 0 radical (unpaired) electrons. The largest absolute Gasteiger partial charge is 0.525 e. The monoisotopic (exact) mass is 105 g/mol. The van der Waals surface area contributed by atoms with Crippen LogP contribution in [0.1, 0.15) is 6.92 Å². The Balaban J connectivity index is 2.82. The fraction of sp³-hybridized carbons (Fsp3) is 0.667. The van der Waals surface area contributed by atoms with Gasteiger partial charge in [0.2, 0.25) is 0 Å². The van der Waals surface area contributed by atoms with Gasteiger partial charge in [0.25, 0.3) is 0 Å². The first-order valence-electron chi connectivity index (χ1n) is 1.90. The SMILES string of the molecule is CCNOC(=O)O. The molecule has 0 fully saturated rings. The highest BCUT2D eigenvalue weighted by Gasteiger charge is 1.89. The minimum absolute atomic E-state index is 0.492. The van der Waals surface area contributed by atoms with Crippen LogP contribution in [0.5, 0.6) is 0 Å². The molecule has 0 saturated carbocycles. The van der Waals surface area contributed by atoms with Crippen LogP contribution in [0.2, 0.25) is 0 Å². The molecule has 42 valence electrons. The van der Waals surface area contributed by atoms with Crippen LogP contribution >= 0.6 is 0 Å².